The van der Waals surface area contributed by atoms with Crippen molar-refractivity contribution in [2.75, 3.05) is 7.05 Å². The molecule has 0 aromatic carbocycles. The monoisotopic (exact) mass is 153 g/mol. The van der Waals surface area contributed by atoms with Gasteiger partial charge in [-0.3, -0.25) is 0 Å². The first-order chi connectivity index (χ1) is 5.27. The molecule has 2 saturated heterocycles. The molecular weight excluding hydrogens is 134 g/mol. The molecule has 3 atom stereocenters. The largest absolute Gasteiger partial charge is 0.300 e. The maximum absolute atomic E-state index is 2.63. The molecule has 2 fully saturated rings. The third-order valence-electron chi connectivity index (χ3n) is 3.65. The van der Waals surface area contributed by atoms with Crippen LogP contribution in [-0.2, 0) is 0 Å². The summed E-state index contributed by atoms with van der Waals surface area (Å²) in [4.78, 5) is 2.63. The zero-order valence-corrected chi connectivity index (χ0v) is 7.71. The molecule has 0 aromatic rings. The van der Waals surface area contributed by atoms with Gasteiger partial charge in [0.05, 0.1) is 0 Å². The van der Waals surface area contributed by atoms with Crippen LogP contribution in [0.1, 0.15) is 39.0 Å². The van der Waals surface area contributed by atoms with Gasteiger partial charge >= 0.3 is 0 Å². The van der Waals surface area contributed by atoms with E-state index in [4.69, 9.17) is 0 Å². The third kappa shape index (κ3) is 1.31. The van der Waals surface area contributed by atoms with Gasteiger partial charge in [-0.1, -0.05) is 6.92 Å². The standard InChI is InChI=1S/C10H19N/c1-8-3-4-9-5-6-10(7-8)11(9)2/h8-10H,3-7H2,1-2H3. The van der Waals surface area contributed by atoms with Gasteiger partial charge in [0.25, 0.3) is 0 Å². The molecule has 0 saturated carbocycles. The normalized spacial score (nSPS) is 45.8. The molecule has 11 heavy (non-hydrogen) atoms. The second-order valence-corrected chi connectivity index (χ2v) is 4.47. The summed E-state index contributed by atoms with van der Waals surface area (Å²) in [7, 11) is 2.32. The third-order valence-corrected chi connectivity index (χ3v) is 3.65. The number of fused-ring (bicyclic) bond motifs is 2. The molecule has 2 aliphatic rings. The molecule has 64 valence electrons. The van der Waals surface area contributed by atoms with Crippen molar-refractivity contribution in [2.24, 2.45) is 5.92 Å². The van der Waals surface area contributed by atoms with Crippen molar-refractivity contribution in [1.82, 2.24) is 4.90 Å². The molecule has 2 bridgehead atoms. The smallest absolute Gasteiger partial charge is 0.00982 e. The SMILES string of the molecule is CC1CCC2CCC(C1)N2C. The summed E-state index contributed by atoms with van der Waals surface area (Å²) < 4.78 is 0. The van der Waals surface area contributed by atoms with Gasteiger partial charge in [-0.2, -0.15) is 0 Å². The average Bonchev–Trinajstić information content (AvgIpc) is 2.20. The fourth-order valence-corrected chi connectivity index (χ4v) is 2.78. The molecule has 1 nitrogen and oxygen atoms in total. The van der Waals surface area contributed by atoms with E-state index in [1.54, 1.807) is 0 Å². The topological polar surface area (TPSA) is 3.24 Å². The summed E-state index contributed by atoms with van der Waals surface area (Å²) in [5.74, 6) is 0.979. The molecule has 0 aliphatic carbocycles. The van der Waals surface area contributed by atoms with Gasteiger partial charge in [0.1, 0.15) is 0 Å². The van der Waals surface area contributed by atoms with Gasteiger partial charge in [-0.25, -0.2) is 0 Å². The van der Waals surface area contributed by atoms with Crippen molar-refractivity contribution in [3.05, 3.63) is 0 Å². The molecule has 2 aliphatic heterocycles. The number of hydrogen-bond donors (Lipinski definition) is 0. The Labute approximate surface area is 69.8 Å². The Kier molecular flexibility index (Phi) is 1.92. The first-order valence-corrected chi connectivity index (χ1v) is 4.99. The van der Waals surface area contributed by atoms with E-state index < -0.39 is 0 Å². The minimum Gasteiger partial charge on any atom is -0.300 e. The van der Waals surface area contributed by atoms with E-state index >= 15 is 0 Å². The Morgan fingerprint density at radius 2 is 1.64 bits per heavy atom. The number of rotatable bonds is 0. The highest BCUT2D eigenvalue weighted by atomic mass is 15.2. The Hall–Kier alpha value is -0.0400. The van der Waals surface area contributed by atoms with E-state index in [0.29, 0.717) is 0 Å². The second-order valence-electron chi connectivity index (χ2n) is 4.47. The fraction of sp³-hybridized carbons (Fsp3) is 1.00. The Morgan fingerprint density at radius 1 is 1.00 bits per heavy atom. The summed E-state index contributed by atoms with van der Waals surface area (Å²) in [6.07, 6.45) is 7.30. The predicted octanol–water partition coefficient (Wildman–Crippen LogP) is 2.27. The van der Waals surface area contributed by atoms with E-state index in [1.807, 2.05) is 0 Å². The molecule has 3 unspecified atom stereocenters. The van der Waals surface area contributed by atoms with E-state index in [2.05, 4.69) is 18.9 Å². The first kappa shape index (κ1) is 7.60. The number of nitrogens with zero attached hydrogens (tertiary/aromatic N) is 1. The molecule has 0 N–H and O–H groups in total. The Balaban J connectivity index is 2.07. The van der Waals surface area contributed by atoms with Gasteiger partial charge in [0.2, 0.25) is 0 Å². The average molecular weight is 153 g/mol. The second kappa shape index (κ2) is 2.78. The van der Waals surface area contributed by atoms with Crippen LogP contribution in [0, 0.1) is 5.92 Å². The summed E-state index contributed by atoms with van der Waals surface area (Å²) in [6.45, 7) is 2.41. The molecule has 0 radical (unpaired) electrons. The van der Waals surface area contributed by atoms with E-state index in [1.165, 1.54) is 32.1 Å². The van der Waals surface area contributed by atoms with Gasteiger partial charge in [0, 0.05) is 12.1 Å². The molecular formula is C10H19N. The van der Waals surface area contributed by atoms with Crippen LogP contribution in [0.15, 0.2) is 0 Å². The highest BCUT2D eigenvalue weighted by molar-refractivity contribution is 4.89. The van der Waals surface area contributed by atoms with Crippen molar-refractivity contribution in [2.45, 2.75) is 51.1 Å². The molecule has 0 amide bonds. The van der Waals surface area contributed by atoms with Crippen LogP contribution in [0.3, 0.4) is 0 Å². The van der Waals surface area contributed by atoms with Gasteiger partial charge in [-0.05, 0) is 45.1 Å². The zero-order valence-electron chi connectivity index (χ0n) is 7.71. The van der Waals surface area contributed by atoms with Crippen LogP contribution in [0.25, 0.3) is 0 Å². The molecule has 0 aromatic heterocycles. The van der Waals surface area contributed by atoms with Crippen molar-refractivity contribution >= 4 is 0 Å². The molecule has 1 heteroatoms. The van der Waals surface area contributed by atoms with Crippen LogP contribution in [-0.4, -0.2) is 24.0 Å². The summed E-state index contributed by atoms with van der Waals surface area (Å²) in [6, 6.07) is 1.86. The van der Waals surface area contributed by atoms with Crippen LogP contribution < -0.4 is 0 Å². The molecule has 0 spiro atoms. The summed E-state index contributed by atoms with van der Waals surface area (Å²) in [5.41, 5.74) is 0. The van der Waals surface area contributed by atoms with Crippen LogP contribution in [0.2, 0.25) is 0 Å². The maximum atomic E-state index is 2.63. The minimum atomic E-state index is 0.928. The summed E-state index contributed by atoms with van der Waals surface area (Å²) in [5, 5.41) is 0. The van der Waals surface area contributed by atoms with Gasteiger partial charge in [-0.15, -0.1) is 0 Å². The quantitative estimate of drug-likeness (QED) is 0.516. The predicted molar refractivity (Wildman–Crippen MR) is 47.6 cm³/mol. The first-order valence-electron chi connectivity index (χ1n) is 4.99. The van der Waals surface area contributed by atoms with E-state index in [9.17, 15) is 0 Å². The van der Waals surface area contributed by atoms with Crippen molar-refractivity contribution in [3.63, 3.8) is 0 Å². The van der Waals surface area contributed by atoms with Crippen LogP contribution >= 0.6 is 0 Å². The number of hydrogen-bond acceptors (Lipinski definition) is 1. The van der Waals surface area contributed by atoms with E-state index in [-0.39, 0.29) is 0 Å². The highest BCUT2D eigenvalue weighted by Crippen LogP contribution is 2.34. The van der Waals surface area contributed by atoms with Crippen LogP contribution in [0.5, 0.6) is 0 Å². The van der Waals surface area contributed by atoms with Crippen molar-refractivity contribution < 1.29 is 0 Å². The highest BCUT2D eigenvalue weighted by Gasteiger charge is 2.33. The zero-order chi connectivity index (χ0) is 7.84. The molecule has 2 rings (SSSR count). The summed E-state index contributed by atoms with van der Waals surface area (Å²) >= 11 is 0. The Morgan fingerprint density at radius 3 is 2.45 bits per heavy atom. The van der Waals surface area contributed by atoms with Gasteiger partial charge < -0.3 is 4.90 Å². The lowest BCUT2D eigenvalue weighted by Gasteiger charge is -2.22. The van der Waals surface area contributed by atoms with Crippen LogP contribution in [0.4, 0.5) is 0 Å². The van der Waals surface area contributed by atoms with Crippen molar-refractivity contribution in [3.8, 4) is 0 Å². The lowest BCUT2D eigenvalue weighted by Crippen LogP contribution is -2.30. The minimum absolute atomic E-state index is 0.928. The fourth-order valence-electron chi connectivity index (χ4n) is 2.78. The maximum Gasteiger partial charge on any atom is 0.00982 e. The molecule has 2 heterocycles. The van der Waals surface area contributed by atoms with Gasteiger partial charge in [0.15, 0.2) is 0 Å². The lowest BCUT2D eigenvalue weighted by molar-refractivity contribution is 0.240. The van der Waals surface area contributed by atoms with E-state index in [0.717, 1.165) is 18.0 Å². The lowest BCUT2D eigenvalue weighted by atomic mass is 9.93. The Bertz CT molecular complexity index is 144. The van der Waals surface area contributed by atoms with Crippen molar-refractivity contribution in [1.29, 1.82) is 0 Å².